The zero-order valence-corrected chi connectivity index (χ0v) is 15.1. The third kappa shape index (κ3) is 2.89. The number of anilines is 2. The van der Waals surface area contributed by atoms with Crippen LogP contribution < -0.4 is 5.32 Å². The van der Waals surface area contributed by atoms with Gasteiger partial charge in [-0.25, -0.2) is 0 Å². The molecule has 0 atom stereocenters. The molecule has 0 saturated heterocycles. The molecule has 1 aromatic carbocycles. The highest BCUT2D eigenvalue weighted by molar-refractivity contribution is 5.92. The minimum atomic E-state index is -0.889. The SMILES string of the molecule is Cc1nn(C(C)C)cc1Nc1nn(C)c2ccc(C(C)(C)O)cc12. The van der Waals surface area contributed by atoms with Gasteiger partial charge < -0.3 is 10.4 Å². The quantitative estimate of drug-likeness (QED) is 0.768. The number of benzene rings is 1. The van der Waals surface area contributed by atoms with E-state index >= 15 is 0 Å². The van der Waals surface area contributed by atoms with Gasteiger partial charge in [-0.3, -0.25) is 9.36 Å². The molecule has 2 aromatic heterocycles. The van der Waals surface area contributed by atoms with E-state index < -0.39 is 5.60 Å². The molecule has 0 spiro atoms. The van der Waals surface area contributed by atoms with Gasteiger partial charge in [0.15, 0.2) is 5.82 Å². The van der Waals surface area contributed by atoms with Gasteiger partial charge in [0.25, 0.3) is 0 Å². The fourth-order valence-electron chi connectivity index (χ4n) is 2.73. The van der Waals surface area contributed by atoms with Crippen LogP contribution in [0.25, 0.3) is 10.9 Å². The summed E-state index contributed by atoms with van der Waals surface area (Å²) in [6.45, 7) is 9.75. The van der Waals surface area contributed by atoms with E-state index in [-0.39, 0.29) is 0 Å². The molecule has 6 nitrogen and oxygen atoms in total. The Labute approximate surface area is 142 Å². The van der Waals surface area contributed by atoms with E-state index in [1.807, 2.05) is 47.7 Å². The summed E-state index contributed by atoms with van der Waals surface area (Å²) < 4.78 is 3.78. The molecule has 3 aromatic rings. The Bertz CT molecular complexity index is 883. The molecule has 0 unspecified atom stereocenters. The van der Waals surface area contributed by atoms with E-state index in [0.717, 1.165) is 33.7 Å². The van der Waals surface area contributed by atoms with Crippen molar-refractivity contribution in [2.45, 2.75) is 46.3 Å². The summed E-state index contributed by atoms with van der Waals surface area (Å²) in [6, 6.07) is 6.23. The van der Waals surface area contributed by atoms with Gasteiger partial charge in [0.2, 0.25) is 0 Å². The smallest absolute Gasteiger partial charge is 0.160 e. The number of nitrogens with zero attached hydrogens (tertiary/aromatic N) is 4. The summed E-state index contributed by atoms with van der Waals surface area (Å²) >= 11 is 0. The topological polar surface area (TPSA) is 67.9 Å². The fourth-order valence-corrected chi connectivity index (χ4v) is 2.73. The number of fused-ring (bicyclic) bond motifs is 1. The zero-order chi connectivity index (χ0) is 17.6. The minimum Gasteiger partial charge on any atom is -0.386 e. The third-order valence-corrected chi connectivity index (χ3v) is 4.26. The summed E-state index contributed by atoms with van der Waals surface area (Å²) in [5, 5.41) is 23.8. The number of rotatable bonds is 4. The molecular formula is C18H25N5O. The molecule has 0 saturated carbocycles. The Balaban J connectivity index is 2.06. The van der Waals surface area contributed by atoms with E-state index in [9.17, 15) is 5.11 Å². The summed E-state index contributed by atoms with van der Waals surface area (Å²) in [7, 11) is 1.92. The van der Waals surface area contributed by atoms with E-state index in [1.54, 1.807) is 13.8 Å². The number of nitrogens with one attached hydrogen (secondary N) is 1. The van der Waals surface area contributed by atoms with Crippen LogP contribution in [0.15, 0.2) is 24.4 Å². The highest BCUT2D eigenvalue weighted by Gasteiger charge is 2.19. The van der Waals surface area contributed by atoms with E-state index in [1.165, 1.54) is 0 Å². The average molecular weight is 327 g/mol. The van der Waals surface area contributed by atoms with Crippen molar-refractivity contribution in [2.75, 3.05) is 5.32 Å². The van der Waals surface area contributed by atoms with Crippen molar-refractivity contribution in [1.82, 2.24) is 19.6 Å². The van der Waals surface area contributed by atoms with Crippen molar-refractivity contribution in [3.05, 3.63) is 35.7 Å². The van der Waals surface area contributed by atoms with Gasteiger partial charge in [0, 0.05) is 24.7 Å². The van der Waals surface area contributed by atoms with Gasteiger partial charge in [-0.05, 0) is 52.3 Å². The maximum Gasteiger partial charge on any atom is 0.160 e. The zero-order valence-electron chi connectivity index (χ0n) is 15.1. The molecule has 6 heteroatoms. The second-order valence-electron chi connectivity index (χ2n) is 7.09. The highest BCUT2D eigenvalue weighted by atomic mass is 16.3. The third-order valence-electron chi connectivity index (χ3n) is 4.26. The predicted molar refractivity (Wildman–Crippen MR) is 96.6 cm³/mol. The van der Waals surface area contributed by atoms with Gasteiger partial charge in [0.1, 0.15) is 0 Å². The number of aliphatic hydroxyl groups is 1. The number of aromatic nitrogens is 4. The Kier molecular flexibility index (Phi) is 3.87. The lowest BCUT2D eigenvalue weighted by Crippen LogP contribution is -2.15. The molecule has 0 bridgehead atoms. The minimum absolute atomic E-state index is 0.307. The Morgan fingerprint density at radius 1 is 1.21 bits per heavy atom. The van der Waals surface area contributed by atoms with Crippen molar-refractivity contribution in [2.24, 2.45) is 7.05 Å². The fraction of sp³-hybridized carbons (Fsp3) is 0.444. The average Bonchev–Trinajstić information content (AvgIpc) is 3.00. The molecule has 3 rings (SSSR count). The Hall–Kier alpha value is -2.34. The summed E-state index contributed by atoms with van der Waals surface area (Å²) in [4.78, 5) is 0. The highest BCUT2D eigenvalue weighted by Crippen LogP contribution is 2.31. The van der Waals surface area contributed by atoms with Crippen LogP contribution in [0.5, 0.6) is 0 Å². The van der Waals surface area contributed by atoms with Crippen molar-refractivity contribution in [3.8, 4) is 0 Å². The number of hydrogen-bond donors (Lipinski definition) is 2. The van der Waals surface area contributed by atoms with Crippen LogP contribution in [0.1, 0.15) is 45.0 Å². The second-order valence-corrected chi connectivity index (χ2v) is 7.09. The maximum absolute atomic E-state index is 10.3. The standard InChI is InChI=1S/C18H25N5O/c1-11(2)23-10-15(12(3)20-23)19-17-14-9-13(18(4,5)24)7-8-16(14)22(6)21-17/h7-11,24H,1-6H3,(H,19,21). The molecule has 0 radical (unpaired) electrons. The molecule has 0 fully saturated rings. The van der Waals surface area contributed by atoms with Gasteiger partial charge >= 0.3 is 0 Å². The van der Waals surface area contributed by atoms with Gasteiger partial charge in [0.05, 0.1) is 22.5 Å². The van der Waals surface area contributed by atoms with Crippen molar-refractivity contribution in [3.63, 3.8) is 0 Å². The van der Waals surface area contributed by atoms with Crippen molar-refractivity contribution < 1.29 is 5.11 Å². The van der Waals surface area contributed by atoms with Gasteiger partial charge in [-0.15, -0.1) is 0 Å². The molecule has 2 N–H and O–H groups in total. The lowest BCUT2D eigenvalue weighted by atomic mass is 9.97. The van der Waals surface area contributed by atoms with Crippen LogP contribution >= 0.6 is 0 Å². The van der Waals surface area contributed by atoms with E-state index in [4.69, 9.17) is 0 Å². The molecule has 0 aliphatic heterocycles. The second kappa shape index (κ2) is 5.63. The first-order valence-corrected chi connectivity index (χ1v) is 8.19. The molecule has 128 valence electrons. The predicted octanol–water partition coefficient (Wildman–Crippen LogP) is 3.63. The normalized spacial score (nSPS) is 12.3. The Morgan fingerprint density at radius 2 is 1.92 bits per heavy atom. The van der Waals surface area contributed by atoms with Crippen LogP contribution in [0, 0.1) is 6.92 Å². The van der Waals surface area contributed by atoms with Gasteiger partial charge in [-0.2, -0.15) is 10.2 Å². The summed E-state index contributed by atoms with van der Waals surface area (Å²) in [5.41, 5.74) is 2.86. The van der Waals surface area contributed by atoms with Crippen LogP contribution in [0.3, 0.4) is 0 Å². The molecule has 0 amide bonds. The van der Waals surface area contributed by atoms with Crippen molar-refractivity contribution in [1.29, 1.82) is 0 Å². The largest absolute Gasteiger partial charge is 0.386 e. The number of aryl methyl sites for hydroxylation is 2. The van der Waals surface area contributed by atoms with Crippen LogP contribution in [0.2, 0.25) is 0 Å². The molecule has 24 heavy (non-hydrogen) atoms. The first-order valence-electron chi connectivity index (χ1n) is 8.19. The monoisotopic (exact) mass is 327 g/mol. The lowest BCUT2D eigenvalue weighted by Gasteiger charge is -2.17. The van der Waals surface area contributed by atoms with Crippen LogP contribution in [0.4, 0.5) is 11.5 Å². The first kappa shape index (κ1) is 16.5. The van der Waals surface area contributed by atoms with Crippen molar-refractivity contribution >= 4 is 22.4 Å². The van der Waals surface area contributed by atoms with E-state index in [0.29, 0.717) is 6.04 Å². The molecule has 0 aliphatic rings. The van der Waals surface area contributed by atoms with Crippen LogP contribution in [-0.4, -0.2) is 24.7 Å². The number of hydrogen-bond acceptors (Lipinski definition) is 4. The van der Waals surface area contributed by atoms with E-state index in [2.05, 4.69) is 29.4 Å². The molecule has 2 heterocycles. The molecular weight excluding hydrogens is 302 g/mol. The lowest BCUT2D eigenvalue weighted by molar-refractivity contribution is 0.0787. The summed E-state index contributed by atoms with van der Waals surface area (Å²) in [5.74, 6) is 0.769. The molecule has 0 aliphatic carbocycles. The summed E-state index contributed by atoms with van der Waals surface area (Å²) in [6.07, 6.45) is 2.00. The first-order chi connectivity index (χ1) is 11.2. The Morgan fingerprint density at radius 3 is 2.50 bits per heavy atom. The van der Waals surface area contributed by atoms with Crippen LogP contribution in [-0.2, 0) is 12.6 Å². The van der Waals surface area contributed by atoms with Gasteiger partial charge in [-0.1, -0.05) is 6.07 Å². The maximum atomic E-state index is 10.3.